The van der Waals surface area contributed by atoms with Gasteiger partial charge in [0.05, 0.1) is 5.56 Å². The summed E-state index contributed by atoms with van der Waals surface area (Å²) in [4.78, 5) is 23.4. The highest BCUT2D eigenvalue weighted by atomic mass is 16.4. The van der Waals surface area contributed by atoms with Crippen molar-refractivity contribution in [2.24, 2.45) is 16.7 Å². The molecule has 0 aromatic carbocycles. The van der Waals surface area contributed by atoms with Crippen LogP contribution in [-0.2, 0) is 0 Å². The standard InChI is InChI=1S/C16H21NO3/c1-15(2)11-6-7-16(3,8-11)14(15)17-9-10(13(19)20)4-5-12(17)18/h4-5,9,11,14H,6-8H2,1-3H3,(H,19,20). The molecular weight excluding hydrogens is 254 g/mol. The zero-order valence-electron chi connectivity index (χ0n) is 12.2. The molecule has 2 aliphatic carbocycles. The van der Waals surface area contributed by atoms with Crippen molar-refractivity contribution in [2.45, 2.75) is 46.1 Å². The predicted molar refractivity (Wildman–Crippen MR) is 75.9 cm³/mol. The van der Waals surface area contributed by atoms with E-state index >= 15 is 0 Å². The van der Waals surface area contributed by atoms with E-state index in [2.05, 4.69) is 20.8 Å². The summed E-state index contributed by atoms with van der Waals surface area (Å²) in [6, 6.07) is 2.86. The van der Waals surface area contributed by atoms with Gasteiger partial charge in [-0.3, -0.25) is 4.79 Å². The SMILES string of the molecule is CC12CCC(C1)C(C)(C)C2n1cc(C(=O)O)ccc1=O. The summed E-state index contributed by atoms with van der Waals surface area (Å²) in [5.41, 5.74) is 0.233. The van der Waals surface area contributed by atoms with Crippen LogP contribution in [0.1, 0.15) is 56.4 Å². The van der Waals surface area contributed by atoms with E-state index < -0.39 is 5.97 Å². The van der Waals surface area contributed by atoms with E-state index in [4.69, 9.17) is 5.11 Å². The number of pyridine rings is 1. The van der Waals surface area contributed by atoms with E-state index in [0.29, 0.717) is 5.92 Å². The third-order valence-corrected chi connectivity index (χ3v) is 5.66. The van der Waals surface area contributed by atoms with Crippen LogP contribution in [0.5, 0.6) is 0 Å². The summed E-state index contributed by atoms with van der Waals surface area (Å²) in [7, 11) is 0. The maximum absolute atomic E-state index is 12.3. The third-order valence-electron chi connectivity index (χ3n) is 5.66. The zero-order chi connectivity index (χ0) is 14.7. The lowest BCUT2D eigenvalue weighted by molar-refractivity contribution is 0.0680. The van der Waals surface area contributed by atoms with Crippen molar-refractivity contribution in [1.82, 2.24) is 4.57 Å². The van der Waals surface area contributed by atoms with Gasteiger partial charge in [-0.2, -0.15) is 0 Å². The van der Waals surface area contributed by atoms with E-state index in [1.54, 1.807) is 4.57 Å². The number of carbonyl (C=O) groups is 1. The summed E-state index contributed by atoms with van der Waals surface area (Å²) < 4.78 is 1.68. The van der Waals surface area contributed by atoms with Crippen LogP contribution in [0.2, 0.25) is 0 Å². The molecule has 2 bridgehead atoms. The molecule has 3 rings (SSSR count). The Kier molecular flexibility index (Phi) is 2.66. The molecule has 2 fully saturated rings. The summed E-state index contributed by atoms with van der Waals surface area (Å²) in [5.74, 6) is -0.359. The van der Waals surface area contributed by atoms with Crippen LogP contribution in [0, 0.1) is 16.7 Å². The molecule has 0 spiro atoms. The van der Waals surface area contributed by atoms with Gasteiger partial charge in [0, 0.05) is 18.3 Å². The second-order valence-corrected chi connectivity index (χ2v) is 7.29. The van der Waals surface area contributed by atoms with Crippen LogP contribution in [-0.4, -0.2) is 15.6 Å². The number of fused-ring (bicyclic) bond motifs is 2. The molecule has 3 atom stereocenters. The number of nitrogens with zero attached hydrogens (tertiary/aromatic N) is 1. The highest BCUT2D eigenvalue weighted by Crippen LogP contribution is 2.67. The monoisotopic (exact) mass is 275 g/mol. The number of hydrogen-bond donors (Lipinski definition) is 1. The summed E-state index contributed by atoms with van der Waals surface area (Å²) >= 11 is 0. The Hall–Kier alpha value is -1.58. The van der Waals surface area contributed by atoms with E-state index in [1.807, 2.05) is 0 Å². The van der Waals surface area contributed by atoms with Crippen LogP contribution in [0.15, 0.2) is 23.1 Å². The number of hydrogen-bond acceptors (Lipinski definition) is 2. The summed E-state index contributed by atoms with van der Waals surface area (Å²) in [6.07, 6.45) is 5.00. The Morgan fingerprint density at radius 2 is 2.05 bits per heavy atom. The molecule has 108 valence electrons. The first-order chi connectivity index (χ1) is 9.25. The largest absolute Gasteiger partial charge is 0.478 e. The lowest BCUT2D eigenvalue weighted by Crippen LogP contribution is -2.41. The molecule has 20 heavy (non-hydrogen) atoms. The van der Waals surface area contributed by atoms with Crippen LogP contribution in [0.3, 0.4) is 0 Å². The van der Waals surface area contributed by atoms with Gasteiger partial charge in [0.25, 0.3) is 5.56 Å². The highest BCUT2D eigenvalue weighted by molar-refractivity contribution is 5.87. The van der Waals surface area contributed by atoms with E-state index in [0.717, 1.165) is 12.8 Å². The van der Waals surface area contributed by atoms with E-state index in [1.165, 1.54) is 24.8 Å². The molecule has 0 saturated heterocycles. The zero-order valence-corrected chi connectivity index (χ0v) is 12.2. The van der Waals surface area contributed by atoms with Crippen molar-refractivity contribution >= 4 is 5.97 Å². The smallest absolute Gasteiger partial charge is 0.337 e. The number of carboxylic acid groups (broad SMARTS) is 1. The number of aromatic nitrogens is 1. The van der Waals surface area contributed by atoms with Crippen LogP contribution >= 0.6 is 0 Å². The summed E-state index contributed by atoms with van der Waals surface area (Å²) in [5, 5.41) is 9.15. The Morgan fingerprint density at radius 1 is 1.35 bits per heavy atom. The first kappa shape index (κ1) is 13.4. The normalized spacial score (nSPS) is 34.4. The average Bonchev–Trinajstić information content (AvgIpc) is 2.82. The fourth-order valence-electron chi connectivity index (χ4n) is 4.80. The second kappa shape index (κ2) is 3.96. The quantitative estimate of drug-likeness (QED) is 0.902. The molecule has 1 aromatic rings. The van der Waals surface area contributed by atoms with Gasteiger partial charge < -0.3 is 9.67 Å². The van der Waals surface area contributed by atoms with Crippen molar-refractivity contribution in [3.05, 3.63) is 34.2 Å². The van der Waals surface area contributed by atoms with Crippen molar-refractivity contribution in [1.29, 1.82) is 0 Å². The Morgan fingerprint density at radius 3 is 2.60 bits per heavy atom. The molecular formula is C16H21NO3. The van der Waals surface area contributed by atoms with Gasteiger partial charge in [-0.15, -0.1) is 0 Å². The number of aromatic carboxylic acids is 1. The molecule has 1 N–H and O–H groups in total. The van der Waals surface area contributed by atoms with Gasteiger partial charge in [0.2, 0.25) is 0 Å². The maximum Gasteiger partial charge on any atom is 0.337 e. The lowest BCUT2D eigenvalue weighted by atomic mass is 9.68. The van der Waals surface area contributed by atoms with Crippen molar-refractivity contribution in [3.63, 3.8) is 0 Å². The molecule has 2 saturated carbocycles. The van der Waals surface area contributed by atoms with Crippen LogP contribution < -0.4 is 5.56 Å². The van der Waals surface area contributed by atoms with Crippen molar-refractivity contribution < 1.29 is 9.90 Å². The summed E-state index contributed by atoms with van der Waals surface area (Å²) in [6.45, 7) is 6.67. The predicted octanol–water partition coefficient (Wildman–Crippen LogP) is 2.93. The molecule has 1 aromatic heterocycles. The van der Waals surface area contributed by atoms with Crippen LogP contribution in [0.4, 0.5) is 0 Å². The Bertz CT molecular complexity index is 626. The third kappa shape index (κ3) is 1.67. The molecule has 1 heterocycles. The lowest BCUT2D eigenvalue weighted by Gasteiger charge is -2.43. The maximum atomic E-state index is 12.3. The minimum atomic E-state index is -0.982. The van der Waals surface area contributed by atoms with Gasteiger partial charge in [0.15, 0.2) is 0 Å². The number of carboxylic acids is 1. The molecule has 0 amide bonds. The van der Waals surface area contributed by atoms with E-state index in [9.17, 15) is 9.59 Å². The number of rotatable bonds is 2. The average molecular weight is 275 g/mol. The first-order valence-corrected chi connectivity index (χ1v) is 7.21. The molecule has 2 aliphatic rings. The second-order valence-electron chi connectivity index (χ2n) is 7.29. The van der Waals surface area contributed by atoms with Gasteiger partial charge in [0.1, 0.15) is 0 Å². The fourth-order valence-corrected chi connectivity index (χ4v) is 4.80. The van der Waals surface area contributed by atoms with Gasteiger partial charge in [-0.05, 0) is 42.1 Å². The fraction of sp³-hybridized carbons (Fsp3) is 0.625. The Labute approximate surface area is 118 Å². The molecule has 0 aliphatic heterocycles. The van der Waals surface area contributed by atoms with Crippen molar-refractivity contribution in [2.75, 3.05) is 0 Å². The minimum Gasteiger partial charge on any atom is -0.478 e. The van der Waals surface area contributed by atoms with Gasteiger partial charge in [-0.1, -0.05) is 20.8 Å². The van der Waals surface area contributed by atoms with E-state index in [-0.39, 0.29) is 28.0 Å². The molecule has 4 heteroatoms. The van der Waals surface area contributed by atoms with Gasteiger partial charge in [-0.25, -0.2) is 4.79 Å². The minimum absolute atomic E-state index is 0.0357. The first-order valence-electron chi connectivity index (χ1n) is 7.21. The highest BCUT2D eigenvalue weighted by Gasteiger charge is 2.60. The van der Waals surface area contributed by atoms with Crippen LogP contribution in [0.25, 0.3) is 0 Å². The molecule has 4 nitrogen and oxygen atoms in total. The molecule has 0 radical (unpaired) electrons. The molecule has 3 unspecified atom stereocenters. The topological polar surface area (TPSA) is 59.3 Å². The Balaban J connectivity index is 2.15. The van der Waals surface area contributed by atoms with Crippen molar-refractivity contribution in [3.8, 4) is 0 Å². The van der Waals surface area contributed by atoms with Gasteiger partial charge >= 0.3 is 5.97 Å².